The normalized spacial score (nSPS) is 10.6. The molecule has 0 saturated carbocycles. The Morgan fingerprint density at radius 2 is 1.86 bits per heavy atom. The topological polar surface area (TPSA) is 62.2 Å². The summed E-state index contributed by atoms with van der Waals surface area (Å²) in [4.78, 5) is 15.9. The van der Waals surface area contributed by atoms with E-state index in [1.54, 1.807) is 37.4 Å². The first-order chi connectivity index (χ1) is 10.6. The maximum atomic E-state index is 11.4. The molecule has 0 spiro atoms. The summed E-state index contributed by atoms with van der Waals surface area (Å²) < 4.78 is 5.11. The number of methoxy groups -OCH3 is 1. The van der Waals surface area contributed by atoms with Crippen LogP contribution in [0.4, 0.5) is 0 Å². The molecule has 0 atom stereocenters. The number of nitrogens with zero attached hydrogens (tertiary/aromatic N) is 1. The Morgan fingerprint density at radius 3 is 2.50 bits per heavy atom. The summed E-state index contributed by atoms with van der Waals surface area (Å²) in [5, 5.41) is 12.4. The molecule has 0 aliphatic heterocycles. The summed E-state index contributed by atoms with van der Waals surface area (Å²) in [7, 11) is 1.58. The zero-order valence-corrected chi connectivity index (χ0v) is 12.4. The van der Waals surface area contributed by atoms with Crippen LogP contribution in [-0.2, 0) is 0 Å². The third-order valence-electron chi connectivity index (χ3n) is 3.38. The molecule has 3 rings (SSSR count). The van der Waals surface area contributed by atoms with Gasteiger partial charge in [-0.2, -0.15) is 0 Å². The number of aromatic carboxylic acids is 1. The summed E-state index contributed by atoms with van der Waals surface area (Å²) in [6.45, 7) is 0. The second-order valence-corrected chi connectivity index (χ2v) is 5.17. The van der Waals surface area contributed by atoms with Gasteiger partial charge >= 0.3 is 0 Å². The predicted octanol–water partition coefficient (Wildman–Crippen LogP) is 2.93. The maximum absolute atomic E-state index is 11.4. The quantitative estimate of drug-likeness (QED) is 0.746. The smallest absolute Gasteiger partial charge is 0.118 e. The van der Waals surface area contributed by atoms with E-state index < -0.39 is 5.97 Å². The molecule has 0 aliphatic carbocycles. The standard InChI is InChI=1S/C17H12ClNO3/c1-22-12-5-2-10(3-6-12)15-9-14(17(20)21)13-7-4-11(18)8-16(13)19-15/h2-9H,1H3,(H,20,21)/p-1. The molecule has 0 amide bonds. The molecule has 0 N–H and O–H groups in total. The Bertz CT molecular complexity index is 860. The van der Waals surface area contributed by atoms with Crippen molar-refractivity contribution in [3.8, 4) is 17.0 Å². The molecular weight excluding hydrogens is 302 g/mol. The molecule has 2 aromatic carbocycles. The fourth-order valence-electron chi connectivity index (χ4n) is 2.28. The largest absolute Gasteiger partial charge is 0.545 e. The molecule has 110 valence electrons. The summed E-state index contributed by atoms with van der Waals surface area (Å²) >= 11 is 5.97. The minimum atomic E-state index is -1.25. The van der Waals surface area contributed by atoms with Gasteiger partial charge in [0.1, 0.15) is 5.75 Å². The molecule has 5 heteroatoms. The van der Waals surface area contributed by atoms with Crippen molar-refractivity contribution in [1.82, 2.24) is 4.98 Å². The Morgan fingerprint density at radius 1 is 1.14 bits per heavy atom. The van der Waals surface area contributed by atoms with E-state index in [4.69, 9.17) is 16.3 Å². The van der Waals surface area contributed by atoms with Crippen molar-refractivity contribution in [2.45, 2.75) is 0 Å². The van der Waals surface area contributed by atoms with Crippen molar-refractivity contribution < 1.29 is 14.6 Å². The highest BCUT2D eigenvalue weighted by molar-refractivity contribution is 6.31. The Balaban J connectivity index is 2.22. The van der Waals surface area contributed by atoms with E-state index in [2.05, 4.69) is 4.98 Å². The number of benzene rings is 2. The van der Waals surface area contributed by atoms with Gasteiger partial charge in [0, 0.05) is 21.5 Å². The number of rotatable bonds is 3. The van der Waals surface area contributed by atoms with E-state index in [0.29, 0.717) is 27.4 Å². The van der Waals surface area contributed by atoms with Gasteiger partial charge in [-0.15, -0.1) is 0 Å². The van der Waals surface area contributed by atoms with Crippen LogP contribution in [0.3, 0.4) is 0 Å². The van der Waals surface area contributed by atoms with E-state index >= 15 is 0 Å². The van der Waals surface area contributed by atoms with E-state index in [9.17, 15) is 9.90 Å². The van der Waals surface area contributed by atoms with Gasteiger partial charge in [0.25, 0.3) is 0 Å². The number of carbonyl (C=O) groups excluding carboxylic acids is 1. The number of carbonyl (C=O) groups is 1. The van der Waals surface area contributed by atoms with Crippen LogP contribution >= 0.6 is 11.6 Å². The first-order valence-corrected chi connectivity index (χ1v) is 6.92. The molecule has 0 unspecified atom stereocenters. The Labute approximate surface area is 131 Å². The molecule has 1 aromatic heterocycles. The first-order valence-electron chi connectivity index (χ1n) is 6.54. The van der Waals surface area contributed by atoms with Crippen molar-refractivity contribution in [3.05, 3.63) is 59.1 Å². The molecule has 0 radical (unpaired) electrons. The number of halogens is 1. The number of pyridine rings is 1. The van der Waals surface area contributed by atoms with Crippen molar-refractivity contribution in [1.29, 1.82) is 0 Å². The maximum Gasteiger partial charge on any atom is 0.118 e. The highest BCUT2D eigenvalue weighted by Crippen LogP contribution is 2.27. The van der Waals surface area contributed by atoms with Gasteiger partial charge in [0.05, 0.1) is 24.3 Å². The average molecular weight is 313 g/mol. The van der Waals surface area contributed by atoms with Gasteiger partial charge in [-0.05, 0) is 42.5 Å². The second-order valence-electron chi connectivity index (χ2n) is 4.73. The van der Waals surface area contributed by atoms with Gasteiger partial charge in [-0.25, -0.2) is 4.98 Å². The lowest BCUT2D eigenvalue weighted by atomic mass is 10.0. The van der Waals surface area contributed by atoms with E-state index in [-0.39, 0.29) is 5.56 Å². The molecule has 3 aromatic rings. The Kier molecular flexibility index (Phi) is 3.69. The van der Waals surface area contributed by atoms with Crippen LogP contribution in [-0.4, -0.2) is 18.1 Å². The fourth-order valence-corrected chi connectivity index (χ4v) is 2.45. The highest BCUT2D eigenvalue weighted by Gasteiger charge is 2.09. The van der Waals surface area contributed by atoms with Gasteiger partial charge in [-0.3, -0.25) is 0 Å². The molecule has 1 heterocycles. The zero-order valence-electron chi connectivity index (χ0n) is 11.7. The molecule has 0 fully saturated rings. The SMILES string of the molecule is COc1ccc(-c2cc(C(=O)[O-])c3ccc(Cl)cc3n2)cc1. The number of hydrogen-bond donors (Lipinski definition) is 0. The summed E-state index contributed by atoms with van der Waals surface area (Å²) in [5.74, 6) is -0.530. The summed E-state index contributed by atoms with van der Waals surface area (Å²) in [6.07, 6.45) is 0. The molecule has 0 saturated heterocycles. The fraction of sp³-hybridized carbons (Fsp3) is 0.0588. The van der Waals surface area contributed by atoms with Crippen LogP contribution in [0.2, 0.25) is 5.02 Å². The monoisotopic (exact) mass is 312 g/mol. The van der Waals surface area contributed by atoms with Crippen molar-refractivity contribution in [2.24, 2.45) is 0 Å². The summed E-state index contributed by atoms with van der Waals surface area (Å²) in [5.41, 5.74) is 1.93. The molecule has 4 nitrogen and oxygen atoms in total. The minimum absolute atomic E-state index is 0.0903. The van der Waals surface area contributed by atoms with E-state index in [0.717, 1.165) is 5.56 Å². The predicted molar refractivity (Wildman–Crippen MR) is 83.1 cm³/mol. The minimum Gasteiger partial charge on any atom is -0.545 e. The van der Waals surface area contributed by atoms with Gasteiger partial charge in [0.2, 0.25) is 0 Å². The van der Waals surface area contributed by atoms with Gasteiger partial charge < -0.3 is 14.6 Å². The number of ether oxygens (including phenoxy) is 1. The number of carboxylic acid groups (broad SMARTS) is 1. The third kappa shape index (κ3) is 2.61. The van der Waals surface area contributed by atoms with Crippen LogP contribution in [0, 0.1) is 0 Å². The number of fused-ring (bicyclic) bond motifs is 1. The summed E-state index contributed by atoms with van der Waals surface area (Å²) in [6, 6.07) is 13.6. The van der Waals surface area contributed by atoms with Crippen LogP contribution in [0.25, 0.3) is 22.2 Å². The highest BCUT2D eigenvalue weighted by atomic mass is 35.5. The number of hydrogen-bond acceptors (Lipinski definition) is 4. The molecule has 0 aliphatic rings. The van der Waals surface area contributed by atoms with E-state index in [1.165, 1.54) is 6.07 Å². The second kappa shape index (κ2) is 5.66. The van der Waals surface area contributed by atoms with Crippen molar-refractivity contribution in [3.63, 3.8) is 0 Å². The molecule has 0 bridgehead atoms. The first kappa shape index (κ1) is 14.4. The lowest BCUT2D eigenvalue weighted by Crippen LogP contribution is -2.22. The van der Waals surface area contributed by atoms with Crippen LogP contribution < -0.4 is 9.84 Å². The van der Waals surface area contributed by atoms with Gasteiger partial charge in [-0.1, -0.05) is 17.7 Å². The average Bonchev–Trinajstić information content (AvgIpc) is 2.53. The molecule has 22 heavy (non-hydrogen) atoms. The van der Waals surface area contributed by atoms with Crippen molar-refractivity contribution in [2.75, 3.05) is 7.11 Å². The van der Waals surface area contributed by atoms with E-state index in [1.807, 2.05) is 12.1 Å². The number of carboxylic acids is 1. The lowest BCUT2D eigenvalue weighted by molar-refractivity contribution is -0.254. The lowest BCUT2D eigenvalue weighted by Gasteiger charge is -2.11. The Hall–Kier alpha value is -2.59. The number of aromatic nitrogens is 1. The zero-order chi connectivity index (χ0) is 15.7. The van der Waals surface area contributed by atoms with Gasteiger partial charge in [0.15, 0.2) is 0 Å². The molecular formula is C17H11ClNO3-. The van der Waals surface area contributed by atoms with Crippen LogP contribution in [0.5, 0.6) is 5.75 Å². The van der Waals surface area contributed by atoms with Crippen LogP contribution in [0.15, 0.2) is 48.5 Å². The van der Waals surface area contributed by atoms with Crippen LogP contribution in [0.1, 0.15) is 10.4 Å². The van der Waals surface area contributed by atoms with Crippen molar-refractivity contribution >= 4 is 28.5 Å². The third-order valence-corrected chi connectivity index (χ3v) is 3.61.